The summed E-state index contributed by atoms with van der Waals surface area (Å²) in [6.07, 6.45) is 3.66. The molecule has 1 aromatic heterocycles. The maximum absolute atomic E-state index is 6.02. The van der Waals surface area contributed by atoms with Gasteiger partial charge in [-0.05, 0) is 36.2 Å². The van der Waals surface area contributed by atoms with E-state index in [0.29, 0.717) is 0 Å². The van der Waals surface area contributed by atoms with Gasteiger partial charge in [-0.15, -0.1) is 0 Å². The highest BCUT2D eigenvalue weighted by Crippen LogP contribution is 2.24. The summed E-state index contributed by atoms with van der Waals surface area (Å²) in [6, 6.07) is 10.1. The largest absolute Gasteiger partial charge is 0.397 e. The number of nitrogens with two attached hydrogens (primary N) is 1. The van der Waals surface area contributed by atoms with Gasteiger partial charge in [-0.2, -0.15) is 0 Å². The molecule has 0 spiro atoms. The highest BCUT2D eigenvalue weighted by molar-refractivity contribution is 5.68. The van der Waals surface area contributed by atoms with E-state index in [0.717, 1.165) is 17.9 Å². The second kappa shape index (κ2) is 4.87. The number of hydrogen-bond donors (Lipinski definition) is 1. The maximum Gasteiger partial charge on any atom is 0.0600 e. The minimum absolute atomic E-state index is 0.807. The van der Waals surface area contributed by atoms with E-state index in [4.69, 9.17) is 5.73 Å². The molecule has 0 atom stereocenters. The SMILES string of the molecule is Cc1ccc(N(C)Cc2cccnc2)c(N)c1. The third kappa shape index (κ3) is 2.75. The van der Waals surface area contributed by atoms with Gasteiger partial charge < -0.3 is 10.6 Å². The second-order valence-corrected chi connectivity index (χ2v) is 4.28. The van der Waals surface area contributed by atoms with Crippen LogP contribution in [0.15, 0.2) is 42.7 Å². The van der Waals surface area contributed by atoms with Crippen molar-refractivity contribution in [2.24, 2.45) is 0 Å². The van der Waals surface area contributed by atoms with Crippen molar-refractivity contribution in [2.45, 2.75) is 13.5 Å². The first-order chi connectivity index (χ1) is 8.16. The molecule has 0 saturated heterocycles. The molecule has 0 bridgehead atoms. The highest BCUT2D eigenvalue weighted by atomic mass is 15.1. The summed E-state index contributed by atoms with van der Waals surface area (Å²) >= 11 is 0. The lowest BCUT2D eigenvalue weighted by Crippen LogP contribution is -2.17. The number of aryl methyl sites for hydroxylation is 1. The molecule has 0 aliphatic carbocycles. The normalized spacial score (nSPS) is 10.2. The predicted octanol–water partition coefficient (Wildman–Crippen LogP) is 2.61. The van der Waals surface area contributed by atoms with Crippen molar-refractivity contribution >= 4 is 11.4 Å². The van der Waals surface area contributed by atoms with Gasteiger partial charge in [0.05, 0.1) is 11.4 Å². The Morgan fingerprint density at radius 3 is 2.76 bits per heavy atom. The van der Waals surface area contributed by atoms with Crippen LogP contribution in [0.4, 0.5) is 11.4 Å². The van der Waals surface area contributed by atoms with Crippen molar-refractivity contribution in [3.05, 3.63) is 53.9 Å². The summed E-state index contributed by atoms with van der Waals surface area (Å²) in [5.41, 5.74) is 10.2. The van der Waals surface area contributed by atoms with Gasteiger partial charge in [0.1, 0.15) is 0 Å². The van der Waals surface area contributed by atoms with E-state index in [1.54, 1.807) is 6.20 Å². The molecule has 3 nitrogen and oxygen atoms in total. The first-order valence-electron chi connectivity index (χ1n) is 5.63. The van der Waals surface area contributed by atoms with Crippen LogP contribution in [0.25, 0.3) is 0 Å². The molecule has 0 saturated carbocycles. The Bertz CT molecular complexity index is 494. The molecule has 0 unspecified atom stereocenters. The molecule has 3 heteroatoms. The molecule has 0 radical (unpaired) electrons. The van der Waals surface area contributed by atoms with Gasteiger partial charge in [-0.3, -0.25) is 4.98 Å². The zero-order valence-corrected chi connectivity index (χ0v) is 10.2. The Morgan fingerprint density at radius 2 is 2.12 bits per heavy atom. The number of aromatic nitrogens is 1. The summed E-state index contributed by atoms with van der Waals surface area (Å²) in [4.78, 5) is 6.24. The molecule has 1 aromatic carbocycles. The number of rotatable bonds is 3. The van der Waals surface area contributed by atoms with E-state index in [9.17, 15) is 0 Å². The van der Waals surface area contributed by atoms with Crippen LogP contribution in [-0.4, -0.2) is 12.0 Å². The van der Waals surface area contributed by atoms with Gasteiger partial charge in [-0.1, -0.05) is 12.1 Å². The van der Waals surface area contributed by atoms with Crippen LogP contribution in [0, 0.1) is 6.92 Å². The van der Waals surface area contributed by atoms with E-state index in [-0.39, 0.29) is 0 Å². The lowest BCUT2D eigenvalue weighted by atomic mass is 10.1. The topological polar surface area (TPSA) is 42.2 Å². The van der Waals surface area contributed by atoms with Gasteiger partial charge in [-0.25, -0.2) is 0 Å². The van der Waals surface area contributed by atoms with Crippen molar-refractivity contribution < 1.29 is 0 Å². The lowest BCUT2D eigenvalue weighted by molar-refractivity contribution is 0.916. The van der Waals surface area contributed by atoms with Crippen molar-refractivity contribution in [3.8, 4) is 0 Å². The molecule has 88 valence electrons. The fourth-order valence-corrected chi connectivity index (χ4v) is 1.87. The Kier molecular flexibility index (Phi) is 3.28. The lowest BCUT2D eigenvalue weighted by Gasteiger charge is -2.21. The average molecular weight is 227 g/mol. The van der Waals surface area contributed by atoms with Crippen LogP contribution in [0.5, 0.6) is 0 Å². The van der Waals surface area contributed by atoms with Crippen molar-refractivity contribution in [1.29, 1.82) is 0 Å². The van der Waals surface area contributed by atoms with Crippen LogP contribution in [0.2, 0.25) is 0 Å². The fraction of sp³-hybridized carbons (Fsp3) is 0.214. The Balaban J connectivity index is 2.17. The number of anilines is 2. The van der Waals surface area contributed by atoms with Crippen LogP contribution >= 0.6 is 0 Å². The number of nitrogens with zero attached hydrogens (tertiary/aromatic N) is 2. The Labute approximate surface area is 102 Å². The number of benzene rings is 1. The molecule has 17 heavy (non-hydrogen) atoms. The highest BCUT2D eigenvalue weighted by Gasteiger charge is 2.05. The zero-order chi connectivity index (χ0) is 12.3. The summed E-state index contributed by atoms with van der Waals surface area (Å²) in [5, 5.41) is 0. The molecule has 0 amide bonds. The minimum atomic E-state index is 0.807. The first-order valence-corrected chi connectivity index (χ1v) is 5.63. The Hall–Kier alpha value is -2.03. The van der Waals surface area contributed by atoms with E-state index in [2.05, 4.69) is 28.1 Å². The first kappa shape index (κ1) is 11.5. The standard InChI is InChI=1S/C14H17N3/c1-11-5-6-14(13(15)8-11)17(2)10-12-4-3-7-16-9-12/h3-9H,10,15H2,1-2H3. The molecule has 1 heterocycles. The van der Waals surface area contributed by atoms with Gasteiger partial charge in [0.15, 0.2) is 0 Å². The predicted molar refractivity (Wildman–Crippen MR) is 71.9 cm³/mol. The average Bonchev–Trinajstić information content (AvgIpc) is 2.30. The third-order valence-corrected chi connectivity index (χ3v) is 2.74. The Morgan fingerprint density at radius 1 is 1.29 bits per heavy atom. The smallest absolute Gasteiger partial charge is 0.0600 e. The van der Waals surface area contributed by atoms with Crippen molar-refractivity contribution in [1.82, 2.24) is 4.98 Å². The summed E-state index contributed by atoms with van der Waals surface area (Å²) < 4.78 is 0. The summed E-state index contributed by atoms with van der Waals surface area (Å²) in [6.45, 7) is 2.85. The molecule has 2 rings (SSSR count). The summed E-state index contributed by atoms with van der Waals surface area (Å²) in [5.74, 6) is 0. The van der Waals surface area contributed by atoms with E-state index in [1.165, 1.54) is 11.1 Å². The maximum atomic E-state index is 6.02. The monoisotopic (exact) mass is 227 g/mol. The van der Waals surface area contributed by atoms with Crippen LogP contribution in [-0.2, 0) is 6.54 Å². The van der Waals surface area contributed by atoms with Gasteiger partial charge in [0.25, 0.3) is 0 Å². The van der Waals surface area contributed by atoms with Crippen LogP contribution in [0.1, 0.15) is 11.1 Å². The van der Waals surface area contributed by atoms with Crippen molar-refractivity contribution in [2.75, 3.05) is 17.7 Å². The van der Waals surface area contributed by atoms with Crippen LogP contribution in [0.3, 0.4) is 0 Å². The molecular weight excluding hydrogens is 210 g/mol. The molecular formula is C14H17N3. The fourth-order valence-electron chi connectivity index (χ4n) is 1.87. The van der Waals surface area contributed by atoms with Crippen molar-refractivity contribution in [3.63, 3.8) is 0 Å². The minimum Gasteiger partial charge on any atom is -0.397 e. The summed E-state index contributed by atoms with van der Waals surface area (Å²) in [7, 11) is 2.04. The van der Waals surface area contributed by atoms with E-state index < -0.39 is 0 Å². The van der Waals surface area contributed by atoms with Gasteiger partial charge >= 0.3 is 0 Å². The molecule has 2 N–H and O–H groups in total. The molecule has 0 aliphatic heterocycles. The quantitative estimate of drug-likeness (QED) is 0.819. The number of pyridine rings is 1. The van der Waals surface area contributed by atoms with E-state index >= 15 is 0 Å². The number of hydrogen-bond acceptors (Lipinski definition) is 3. The van der Waals surface area contributed by atoms with Gasteiger partial charge in [0, 0.05) is 26.0 Å². The van der Waals surface area contributed by atoms with Crippen LogP contribution < -0.4 is 10.6 Å². The second-order valence-electron chi connectivity index (χ2n) is 4.28. The van der Waals surface area contributed by atoms with E-state index in [1.807, 2.05) is 32.3 Å². The van der Waals surface area contributed by atoms with Gasteiger partial charge in [0.2, 0.25) is 0 Å². The molecule has 2 aromatic rings. The third-order valence-electron chi connectivity index (χ3n) is 2.74. The molecule has 0 fully saturated rings. The molecule has 0 aliphatic rings. The zero-order valence-electron chi connectivity index (χ0n) is 10.2. The number of nitrogen functional groups attached to an aromatic ring is 1.